The van der Waals surface area contributed by atoms with E-state index in [4.69, 9.17) is 0 Å². The molecule has 90 valence electrons. The second-order valence-electron chi connectivity index (χ2n) is 5.96. The van der Waals surface area contributed by atoms with Crippen LogP contribution in [0.4, 0.5) is 5.69 Å². The summed E-state index contributed by atoms with van der Waals surface area (Å²) < 4.78 is 0. The number of benzene rings is 2. The van der Waals surface area contributed by atoms with Crippen molar-refractivity contribution >= 4 is 16.5 Å². The molecule has 0 aliphatic rings. The molecule has 0 amide bonds. The quantitative estimate of drug-likeness (QED) is 0.765. The minimum absolute atomic E-state index is 0.194. The average molecular weight is 228 g/mol. The highest BCUT2D eigenvalue weighted by Gasteiger charge is 2.18. The van der Waals surface area contributed by atoms with Gasteiger partial charge in [0.05, 0.1) is 14.1 Å². The molecule has 0 bridgehead atoms. The van der Waals surface area contributed by atoms with E-state index in [-0.39, 0.29) is 5.41 Å². The van der Waals surface area contributed by atoms with Crippen LogP contribution >= 0.6 is 0 Å². The van der Waals surface area contributed by atoms with Gasteiger partial charge in [0.1, 0.15) is 5.69 Å². The summed E-state index contributed by atoms with van der Waals surface area (Å²) in [5, 5.41) is 2.76. The van der Waals surface area contributed by atoms with Gasteiger partial charge in [0.2, 0.25) is 0 Å². The highest BCUT2D eigenvalue weighted by molar-refractivity contribution is 5.93. The summed E-state index contributed by atoms with van der Waals surface area (Å²) in [5.41, 5.74) is 2.99. The topological polar surface area (TPSA) is 4.44 Å². The zero-order valence-electron chi connectivity index (χ0n) is 11.5. The highest BCUT2D eigenvalue weighted by Crippen LogP contribution is 2.31. The van der Waals surface area contributed by atoms with Crippen molar-refractivity contribution in [3.63, 3.8) is 0 Å². The molecule has 1 heteroatoms. The molecule has 0 radical (unpaired) electrons. The third-order valence-corrected chi connectivity index (χ3v) is 3.27. The molecule has 1 nitrogen and oxygen atoms in total. The lowest BCUT2D eigenvalue weighted by Gasteiger charge is -2.22. The van der Waals surface area contributed by atoms with E-state index in [9.17, 15) is 0 Å². The first-order chi connectivity index (χ1) is 7.91. The molecule has 2 aromatic carbocycles. The molecule has 2 rings (SSSR count). The van der Waals surface area contributed by atoms with Crippen LogP contribution in [0, 0.1) is 0 Å². The van der Waals surface area contributed by atoms with Gasteiger partial charge in [0.25, 0.3) is 0 Å². The summed E-state index contributed by atoms with van der Waals surface area (Å²) in [5.74, 6) is 0. The Morgan fingerprint density at radius 1 is 0.824 bits per heavy atom. The fourth-order valence-electron chi connectivity index (χ4n) is 2.40. The predicted octanol–water partition coefficient (Wildman–Crippen LogP) is 2.91. The van der Waals surface area contributed by atoms with E-state index < -0.39 is 0 Å². The van der Waals surface area contributed by atoms with Crippen molar-refractivity contribution < 1.29 is 4.90 Å². The Morgan fingerprint density at radius 3 is 2.00 bits per heavy atom. The molecular formula is C16H22N+. The van der Waals surface area contributed by atoms with Crippen molar-refractivity contribution in [2.45, 2.75) is 26.2 Å². The molecule has 0 saturated heterocycles. The van der Waals surface area contributed by atoms with Crippen LogP contribution in [0.1, 0.15) is 26.3 Å². The monoisotopic (exact) mass is 228 g/mol. The van der Waals surface area contributed by atoms with E-state index in [0.717, 1.165) is 0 Å². The Kier molecular flexibility index (Phi) is 2.96. The second-order valence-corrected chi connectivity index (χ2v) is 5.96. The molecule has 0 spiro atoms. The van der Waals surface area contributed by atoms with E-state index in [0.29, 0.717) is 0 Å². The maximum atomic E-state index is 2.27. The van der Waals surface area contributed by atoms with Gasteiger partial charge in [-0.3, -0.25) is 0 Å². The molecule has 0 aliphatic heterocycles. The number of fused-ring (bicyclic) bond motifs is 1. The maximum Gasteiger partial charge on any atom is 0.138 e. The Balaban J connectivity index is 2.79. The third-order valence-electron chi connectivity index (χ3n) is 3.27. The maximum absolute atomic E-state index is 2.27. The van der Waals surface area contributed by atoms with Crippen molar-refractivity contribution in [1.82, 2.24) is 0 Å². The van der Waals surface area contributed by atoms with Gasteiger partial charge in [-0.1, -0.05) is 45.0 Å². The smallest absolute Gasteiger partial charge is 0.138 e. The van der Waals surface area contributed by atoms with Gasteiger partial charge in [-0.05, 0) is 28.5 Å². The van der Waals surface area contributed by atoms with E-state index in [1.54, 1.807) is 0 Å². The molecule has 0 unspecified atom stereocenters. The Hall–Kier alpha value is -1.34. The Morgan fingerprint density at radius 2 is 1.41 bits per heavy atom. The highest BCUT2D eigenvalue weighted by atomic mass is 15.1. The molecule has 0 heterocycles. The molecule has 0 aliphatic carbocycles. The fraction of sp³-hybridized carbons (Fsp3) is 0.375. The van der Waals surface area contributed by atoms with Crippen molar-refractivity contribution in [2.24, 2.45) is 0 Å². The summed E-state index contributed by atoms with van der Waals surface area (Å²) in [6.45, 7) is 6.82. The van der Waals surface area contributed by atoms with Gasteiger partial charge in [-0.2, -0.15) is 0 Å². The lowest BCUT2D eigenvalue weighted by atomic mass is 9.83. The molecule has 2 aromatic rings. The first-order valence-corrected chi connectivity index (χ1v) is 6.24. The van der Waals surface area contributed by atoms with Gasteiger partial charge >= 0.3 is 0 Å². The molecule has 0 aromatic heterocycles. The zero-order chi connectivity index (χ0) is 12.6. The Bertz CT molecular complexity index is 533. The van der Waals surface area contributed by atoms with E-state index in [1.807, 2.05) is 0 Å². The van der Waals surface area contributed by atoms with Gasteiger partial charge in [0.15, 0.2) is 0 Å². The van der Waals surface area contributed by atoms with Crippen molar-refractivity contribution in [3.8, 4) is 0 Å². The summed E-state index contributed by atoms with van der Waals surface area (Å²) in [6.07, 6.45) is 0. The van der Waals surface area contributed by atoms with Crippen LogP contribution in [0.3, 0.4) is 0 Å². The van der Waals surface area contributed by atoms with Crippen LogP contribution in [0.5, 0.6) is 0 Å². The summed E-state index contributed by atoms with van der Waals surface area (Å²) in [7, 11) is 4.36. The summed E-state index contributed by atoms with van der Waals surface area (Å²) >= 11 is 0. The van der Waals surface area contributed by atoms with Crippen molar-refractivity contribution in [3.05, 3.63) is 42.0 Å². The van der Waals surface area contributed by atoms with Crippen molar-refractivity contribution in [1.29, 1.82) is 0 Å². The van der Waals surface area contributed by atoms with Crippen LogP contribution in [0.2, 0.25) is 0 Å². The van der Waals surface area contributed by atoms with Crippen LogP contribution in [-0.2, 0) is 5.41 Å². The number of hydrogen-bond acceptors (Lipinski definition) is 0. The van der Waals surface area contributed by atoms with E-state index >= 15 is 0 Å². The first kappa shape index (κ1) is 12.1. The van der Waals surface area contributed by atoms with Gasteiger partial charge < -0.3 is 4.90 Å². The van der Waals surface area contributed by atoms with Crippen LogP contribution in [-0.4, -0.2) is 14.1 Å². The normalized spacial score (nSPS) is 12.4. The van der Waals surface area contributed by atoms with Crippen molar-refractivity contribution in [2.75, 3.05) is 14.1 Å². The third kappa shape index (κ3) is 2.20. The lowest BCUT2D eigenvalue weighted by Crippen LogP contribution is -3.00. The molecule has 17 heavy (non-hydrogen) atoms. The predicted molar refractivity (Wildman–Crippen MR) is 75.1 cm³/mol. The first-order valence-electron chi connectivity index (χ1n) is 6.24. The van der Waals surface area contributed by atoms with Crippen LogP contribution in [0.25, 0.3) is 10.8 Å². The van der Waals surface area contributed by atoms with E-state index in [2.05, 4.69) is 71.3 Å². The van der Waals surface area contributed by atoms with Gasteiger partial charge in [-0.15, -0.1) is 0 Å². The summed E-state index contributed by atoms with van der Waals surface area (Å²) in [4.78, 5) is 1.38. The standard InChI is InChI=1S/C16H21N/c1-16(2,3)14-10-6-9-13-12(14)8-7-11-15(13)17(4)5/h6-11H,1-5H3/p+1. The summed E-state index contributed by atoms with van der Waals surface area (Å²) in [6, 6.07) is 13.3. The van der Waals surface area contributed by atoms with Gasteiger partial charge in [-0.25, -0.2) is 0 Å². The number of quaternary nitrogens is 1. The number of nitrogens with one attached hydrogen (secondary N) is 1. The molecule has 0 fully saturated rings. The fourth-order valence-corrected chi connectivity index (χ4v) is 2.40. The minimum atomic E-state index is 0.194. The average Bonchev–Trinajstić information content (AvgIpc) is 2.26. The van der Waals surface area contributed by atoms with Crippen LogP contribution < -0.4 is 4.90 Å². The minimum Gasteiger partial charge on any atom is -0.307 e. The number of rotatable bonds is 1. The lowest BCUT2D eigenvalue weighted by molar-refractivity contribution is -0.785. The van der Waals surface area contributed by atoms with Crippen LogP contribution in [0.15, 0.2) is 36.4 Å². The Labute approximate surface area is 104 Å². The molecule has 1 N–H and O–H groups in total. The molecule has 0 saturated carbocycles. The van der Waals surface area contributed by atoms with Gasteiger partial charge in [0, 0.05) is 5.39 Å². The molecular weight excluding hydrogens is 206 g/mol. The van der Waals surface area contributed by atoms with E-state index in [1.165, 1.54) is 26.9 Å². The zero-order valence-corrected chi connectivity index (χ0v) is 11.5. The largest absolute Gasteiger partial charge is 0.307 e. The SMILES string of the molecule is C[NH+](C)c1cccc2c(C(C)(C)C)cccc12. The second kappa shape index (κ2) is 4.15. The number of hydrogen-bond donors (Lipinski definition) is 1. The molecule has 0 atom stereocenters.